The van der Waals surface area contributed by atoms with Crippen molar-refractivity contribution < 1.29 is 9.59 Å². The van der Waals surface area contributed by atoms with E-state index in [1.165, 1.54) is 19.3 Å². The molecule has 0 saturated heterocycles. The van der Waals surface area contributed by atoms with Crippen molar-refractivity contribution >= 4 is 17.5 Å². The van der Waals surface area contributed by atoms with Crippen LogP contribution in [0.15, 0.2) is 36.7 Å². The highest BCUT2D eigenvalue weighted by Gasteiger charge is 2.12. The number of hydrogen-bond acceptors (Lipinski definition) is 3. The second kappa shape index (κ2) is 6.01. The van der Waals surface area contributed by atoms with Crippen LogP contribution in [0.1, 0.15) is 35.8 Å². The second-order valence-corrected chi connectivity index (χ2v) is 4.49. The monoisotopic (exact) mass is 272 g/mol. The molecule has 104 valence electrons. The highest BCUT2D eigenvalue weighted by atomic mass is 16.2. The molecule has 0 fully saturated rings. The highest BCUT2D eigenvalue weighted by molar-refractivity contribution is 5.94. The Labute approximate surface area is 116 Å². The summed E-state index contributed by atoms with van der Waals surface area (Å²) < 4.78 is 0. The normalized spacial score (nSPS) is 11.7. The van der Waals surface area contributed by atoms with Crippen LogP contribution in [0.25, 0.3) is 0 Å². The molecule has 0 bridgehead atoms. The Balaban J connectivity index is 2.07. The van der Waals surface area contributed by atoms with Gasteiger partial charge >= 0.3 is 0 Å². The van der Waals surface area contributed by atoms with Crippen molar-refractivity contribution in [2.45, 2.75) is 19.9 Å². The fourth-order valence-corrected chi connectivity index (χ4v) is 1.83. The average molecular weight is 272 g/mol. The van der Waals surface area contributed by atoms with Crippen LogP contribution < -0.4 is 10.6 Å². The van der Waals surface area contributed by atoms with Crippen molar-refractivity contribution in [1.82, 2.24) is 15.5 Å². The second-order valence-electron chi connectivity index (χ2n) is 4.49. The van der Waals surface area contributed by atoms with E-state index in [1.54, 1.807) is 6.07 Å². The number of aromatic amines is 1. The average Bonchev–Trinajstić information content (AvgIpc) is 2.92. The summed E-state index contributed by atoms with van der Waals surface area (Å²) in [5.41, 5.74) is 2.10. The van der Waals surface area contributed by atoms with E-state index in [4.69, 9.17) is 0 Å². The van der Waals surface area contributed by atoms with Gasteiger partial charge in [-0.3, -0.25) is 14.7 Å². The molecule has 0 aliphatic rings. The van der Waals surface area contributed by atoms with Gasteiger partial charge in [0.05, 0.1) is 17.8 Å². The van der Waals surface area contributed by atoms with E-state index >= 15 is 0 Å². The minimum absolute atomic E-state index is 0.128. The van der Waals surface area contributed by atoms with Crippen molar-refractivity contribution in [2.75, 3.05) is 5.32 Å². The summed E-state index contributed by atoms with van der Waals surface area (Å²) in [6, 6.07) is 7.19. The van der Waals surface area contributed by atoms with Gasteiger partial charge in [-0.1, -0.05) is 12.1 Å². The van der Waals surface area contributed by atoms with Gasteiger partial charge in [-0.05, 0) is 24.6 Å². The maximum atomic E-state index is 11.9. The molecule has 3 N–H and O–H groups in total. The fraction of sp³-hybridized carbons (Fsp3) is 0.214. The molecule has 2 aromatic rings. The molecule has 0 aliphatic carbocycles. The van der Waals surface area contributed by atoms with Crippen LogP contribution in [0.3, 0.4) is 0 Å². The minimum atomic E-state index is -0.198. The lowest BCUT2D eigenvalue weighted by atomic mass is 10.1. The smallest absolute Gasteiger partial charge is 0.254 e. The van der Waals surface area contributed by atoms with Gasteiger partial charge in [0.1, 0.15) is 0 Å². The van der Waals surface area contributed by atoms with E-state index in [-0.39, 0.29) is 17.9 Å². The van der Waals surface area contributed by atoms with Gasteiger partial charge < -0.3 is 10.6 Å². The fourth-order valence-electron chi connectivity index (χ4n) is 1.83. The quantitative estimate of drug-likeness (QED) is 0.794. The third-order valence-corrected chi connectivity index (χ3v) is 2.82. The molecule has 0 saturated carbocycles. The Morgan fingerprint density at radius 2 is 2.15 bits per heavy atom. The van der Waals surface area contributed by atoms with E-state index in [2.05, 4.69) is 20.8 Å². The van der Waals surface area contributed by atoms with Crippen LogP contribution >= 0.6 is 0 Å². The molecule has 1 aromatic heterocycles. The number of nitrogens with zero attached hydrogens (tertiary/aromatic N) is 1. The lowest BCUT2D eigenvalue weighted by molar-refractivity contribution is -0.114. The Bertz CT molecular complexity index is 607. The number of nitrogens with one attached hydrogen (secondary N) is 3. The molecule has 1 atom stereocenters. The van der Waals surface area contributed by atoms with Crippen LogP contribution in [-0.4, -0.2) is 22.0 Å². The first kappa shape index (κ1) is 13.8. The maximum Gasteiger partial charge on any atom is 0.254 e. The van der Waals surface area contributed by atoms with Crippen molar-refractivity contribution in [2.24, 2.45) is 0 Å². The summed E-state index contributed by atoms with van der Waals surface area (Å²) in [6.07, 6.45) is 3.01. The predicted molar refractivity (Wildman–Crippen MR) is 75.2 cm³/mol. The lowest BCUT2D eigenvalue weighted by Crippen LogP contribution is -2.26. The molecule has 6 heteroatoms. The molecule has 20 heavy (non-hydrogen) atoms. The van der Waals surface area contributed by atoms with Gasteiger partial charge in [-0.2, -0.15) is 5.10 Å². The van der Waals surface area contributed by atoms with Crippen molar-refractivity contribution in [3.63, 3.8) is 0 Å². The summed E-state index contributed by atoms with van der Waals surface area (Å²) in [4.78, 5) is 22.9. The van der Waals surface area contributed by atoms with Crippen LogP contribution in [0.4, 0.5) is 5.69 Å². The number of H-pyrrole nitrogens is 1. The number of benzene rings is 1. The molecule has 0 spiro atoms. The Morgan fingerprint density at radius 1 is 1.35 bits per heavy atom. The summed E-state index contributed by atoms with van der Waals surface area (Å²) in [6.45, 7) is 3.33. The molecule has 6 nitrogen and oxygen atoms in total. The van der Waals surface area contributed by atoms with E-state index in [9.17, 15) is 9.59 Å². The summed E-state index contributed by atoms with van der Waals surface area (Å²) in [5.74, 6) is -0.326. The number of carbonyl (C=O) groups excluding carboxylic acids is 2. The number of aromatic nitrogens is 2. The van der Waals surface area contributed by atoms with Gasteiger partial charge in [-0.15, -0.1) is 0 Å². The Kier molecular flexibility index (Phi) is 4.14. The molecule has 2 amide bonds. The number of hydrogen-bond donors (Lipinski definition) is 3. The number of anilines is 1. The van der Waals surface area contributed by atoms with E-state index < -0.39 is 0 Å². The first-order chi connectivity index (χ1) is 9.56. The minimum Gasteiger partial charge on any atom is -0.345 e. The largest absolute Gasteiger partial charge is 0.345 e. The van der Waals surface area contributed by atoms with E-state index in [0.29, 0.717) is 11.3 Å². The summed E-state index contributed by atoms with van der Waals surface area (Å²) in [7, 11) is 0. The lowest BCUT2D eigenvalue weighted by Gasteiger charge is -2.15. The maximum absolute atomic E-state index is 11.9. The van der Waals surface area contributed by atoms with Gasteiger partial charge in [-0.25, -0.2) is 0 Å². The topological polar surface area (TPSA) is 86.9 Å². The molecule has 0 aliphatic heterocycles. The first-order valence-corrected chi connectivity index (χ1v) is 6.23. The standard InChI is InChI=1S/C14H16N4O2/c1-9(17-14(20)12-7-15-16-8-12)11-4-3-5-13(6-11)18-10(2)19/h3-9H,1-2H3,(H,15,16)(H,17,20)(H,18,19). The summed E-state index contributed by atoms with van der Waals surface area (Å²) >= 11 is 0. The molecule has 1 aromatic carbocycles. The third-order valence-electron chi connectivity index (χ3n) is 2.82. The highest BCUT2D eigenvalue weighted by Crippen LogP contribution is 2.17. The van der Waals surface area contributed by atoms with E-state index in [1.807, 2.05) is 25.1 Å². The van der Waals surface area contributed by atoms with Gasteiger partial charge in [0.15, 0.2) is 0 Å². The molecule has 1 unspecified atom stereocenters. The third kappa shape index (κ3) is 3.44. The molecular weight excluding hydrogens is 256 g/mol. The zero-order valence-electron chi connectivity index (χ0n) is 11.3. The van der Waals surface area contributed by atoms with Crippen LogP contribution in [0.5, 0.6) is 0 Å². The van der Waals surface area contributed by atoms with Gasteiger partial charge in [0.25, 0.3) is 5.91 Å². The number of rotatable bonds is 4. The summed E-state index contributed by atoms with van der Waals surface area (Å²) in [5, 5.41) is 11.9. The molecule has 0 radical (unpaired) electrons. The Morgan fingerprint density at radius 3 is 2.80 bits per heavy atom. The van der Waals surface area contributed by atoms with Crippen LogP contribution in [0.2, 0.25) is 0 Å². The molecule has 1 heterocycles. The van der Waals surface area contributed by atoms with Crippen LogP contribution in [-0.2, 0) is 4.79 Å². The van der Waals surface area contributed by atoms with Crippen LogP contribution in [0, 0.1) is 0 Å². The SMILES string of the molecule is CC(=O)Nc1cccc(C(C)NC(=O)c2cn[nH]c2)c1. The zero-order chi connectivity index (χ0) is 14.5. The number of amides is 2. The first-order valence-electron chi connectivity index (χ1n) is 6.23. The van der Waals surface area contributed by atoms with E-state index in [0.717, 1.165) is 5.56 Å². The van der Waals surface area contributed by atoms with Gasteiger partial charge in [0, 0.05) is 18.8 Å². The van der Waals surface area contributed by atoms with Crippen molar-refractivity contribution in [3.05, 3.63) is 47.8 Å². The van der Waals surface area contributed by atoms with Crippen molar-refractivity contribution in [3.8, 4) is 0 Å². The van der Waals surface area contributed by atoms with Gasteiger partial charge in [0.2, 0.25) is 5.91 Å². The Hall–Kier alpha value is -2.63. The van der Waals surface area contributed by atoms with Crippen molar-refractivity contribution in [1.29, 1.82) is 0 Å². The number of carbonyl (C=O) groups is 2. The molecular formula is C14H16N4O2. The zero-order valence-corrected chi connectivity index (χ0v) is 11.3. The predicted octanol–water partition coefficient (Wildman–Crippen LogP) is 1.86. The molecule has 2 rings (SSSR count).